The monoisotopic (exact) mass is 634 g/mol. The first-order valence-corrected chi connectivity index (χ1v) is 13.7. The highest BCUT2D eigenvalue weighted by Gasteiger charge is 2.40. The van der Waals surface area contributed by atoms with Crippen molar-refractivity contribution in [1.82, 2.24) is 10.2 Å². The average molecular weight is 635 g/mol. The maximum Gasteiger partial charge on any atom is 0.247 e. The SMILES string of the molecule is CCCC(=O)N(CCCOCC)[C@@H]1CC(C(=O)NCCO)=C[C@H](Oc2c(I)cc(CO)cc2OC)[C@H]1O. The minimum atomic E-state index is -1.12. The van der Waals surface area contributed by atoms with E-state index in [4.69, 9.17) is 19.3 Å². The van der Waals surface area contributed by atoms with E-state index in [0.717, 1.165) is 0 Å². The summed E-state index contributed by atoms with van der Waals surface area (Å²) in [6.45, 7) is 4.91. The van der Waals surface area contributed by atoms with Gasteiger partial charge in [0.05, 0.1) is 29.9 Å². The van der Waals surface area contributed by atoms with Crippen molar-refractivity contribution in [3.05, 3.63) is 32.9 Å². The van der Waals surface area contributed by atoms with Gasteiger partial charge in [0, 0.05) is 44.7 Å². The van der Waals surface area contributed by atoms with E-state index in [1.165, 1.54) is 7.11 Å². The lowest BCUT2D eigenvalue weighted by atomic mass is 9.87. The standard InChI is InChI=1S/C26H39IN2O8/c1-4-7-23(32)29(9-6-11-36-5-2)20-14-18(26(34)28-8-10-30)15-21(24(20)33)37-25-19(27)12-17(16-31)13-22(25)35-3/h12-13,15,20-21,24,30-31,33H,4-11,14,16H2,1-3H3,(H,28,34)/t20-,21+,24+/m1/s1. The molecule has 11 heteroatoms. The van der Waals surface area contributed by atoms with E-state index in [9.17, 15) is 19.8 Å². The van der Waals surface area contributed by atoms with Crippen molar-refractivity contribution in [2.75, 3.05) is 40.0 Å². The molecule has 0 fully saturated rings. The topological polar surface area (TPSA) is 138 Å². The fourth-order valence-electron chi connectivity index (χ4n) is 4.21. The van der Waals surface area contributed by atoms with Crippen LogP contribution in [-0.2, 0) is 20.9 Å². The van der Waals surface area contributed by atoms with Gasteiger partial charge in [0.25, 0.3) is 0 Å². The minimum absolute atomic E-state index is 0.0795. The van der Waals surface area contributed by atoms with Crippen LogP contribution in [0.4, 0.5) is 0 Å². The van der Waals surface area contributed by atoms with Crippen LogP contribution < -0.4 is 14.8 Å². The zero-order chi connectivity index (χ0) is 27.4. The number of rotatable bonds is 15. The Hall–Kier alpha value is -1.93. The van der Waals surface area contributed by atoms with Gasteiger partial charge in [0.2, 0.25) is 11.8 Å². The Balaban J connectivity index is 2.45. The van der Waals surface area contributed by atoms with E-state index < -0.39 is 24.2 Å². The van der Waals surface area contributed by atoms with Gasteiger partial charge < -0.3 is 39.7 Å². The van der Waals surface area contributed by atoms with Crippen molar-refractivity contribution < 1.29 is 39.1 Å². The van der Waals surface area contributed by atoms with Crippen LogP contribution in [0.1, 0.15) is 45.1 Å². The maximum absolute atomic E-state index is 13.1. The Morgan fingerprint density at radius 3 is 2.62 bits per heavy atom. The molecule has 10 nitrogen and oxygen atoms in total. The van der Waals surface area contributed by atoms with Crippen LogP contribution in [0.15, 0.2) is 23.8 Å². The summed E-state index contributed by atoms with van der Waals surface area (Å²) in [4.78, 5) is 27.7. The van der Waals surface area contributed by atoms with Crippen LogP contribution in [0.5, 0.6) is 11.5 Å². The first kappa shape index (κ1) is 31.3. The molecule has 2 rings (SSSR count). The molecule has 1 aromatic rings. The van der Waals surface area contributed by atoms with Crippen LogP contribution >= 0.6 is 22.6 Å². The highest BCUT2D eigenvalue weighted by Crippen LogP contribution is 2.37. The molecule has 2 amide bonds. The Bertz CT molecular complexity index is 926. The zero-order valence-electron chi connectivity index (χ0n) is 21.7. The predicted octanol–water partition coefficient (Wildman–Crippen LogP) is 1.76. The minimum Gasteiger partial charge on any atom is -0.493 e. The zero-order valence-corrected chi connectivity index (χ0v) is 23.9. The summed E-state index contributed by atoms with van der Waals surface area (Å²) in [5.74, 6) is 0.229. The number of aliphatic hydroxyl groups excluding tert-OH is 3. The number of carbonyl (C=O) groups excluding carboxylic acids is 2. The van der Waals surface area contributed by atoms with Crippen molar-refractivity contribution in [1.29, 1.82) is 0 Å². The summed E-state index contributed by atoms with van der Waals surface area (Å²) in [5.41, 5.74) is 0.995. The lowest BCUT2D eigenvalue weighted by Gasteiger charge is -2.40. The van der Waals surface area contributed by atoms with E-state index in [2.05, 4.69) is 27.9 Å². The molecule has 37 heavy (non-hydrogen) atoms. The number of nitrogens with zero attached hydrogens (tertiary/aromatic N) is 1. The third-order valence-corrected chi connectivity index (χ3v) is 6.82. The molecule has 0 aromatic heterocycles. The Kier molecular flexibility index (Phi) is 13.6. The highest BCUT2D eigenvalue weighted by molar-refractivity contribution is 14.1. The number of carbonyl (C=O) groups is 2. The molecule has 0 saturated carbocycles. The van der Waals surface area contributed by atoms with Gasteiger partial charge in [-0.2, -0.15) is 0 Å². The third-order valence-electron chi connectivity index (χ3n) is 6.02. The second-order valence-corrected chi connectivity index (χ2v) is 9.83. The normalized spacial score (nSPS) is 19.2. The summed E-state index contributed by atoms with van der Waals surface area (Å²) in [6.07, 6.45) is 1.16. The molecular weight excluding hydrogens is 595 g/mol. The van der Waals surface area contributed by atoms with Crippen LogP contribution in [0.2, 0.25) is 0 Å². The molecule has 1 aliphatic carbocycles. The predicted molar refractivity (Wildman–Crippen MR) is 146 cm³/mol. The van der Waals surface area contributed by atoms with Crippen molar-refractivity contribution in [3.63, 3.8) is 0 Å². The number of benzene rings is 1. The molecule has 0 unspecified atom stereocenters. The van der Waals surface area contributed by atoms with Crippen molar-refractivity contribution in [3.8, 4) is 11.5 Å². The van der Waals surface area contributed by atoms with E-state index in [1.807, 2.05) is 13.8 Å². The van der Waals surface area contributed by atoms with Gasteiger partial charge in [-0.1, -0.05) is 6.92 Å². The molecule has 1 aromatic carbocycles. The maximum atomic E-state index is 13.1. The molecular formula is C26H39IN2O8. The van der Waals surface area contributed by atoms with Gasteiger partial charge >= 0.3 is 0 Å². The molecule has 4 N–H and O–H groups in total. The molecule has 0 aliphatic heterocycles. The molecule has 1 aliphatic rings. The quantitative estimate of drug-likeness (QED) is 0.169. The smallest absolute Gasteiger partial charge is 0.247 e. The van der Waals surface area contributed by atoms with E-state index >= 15 is 0 Å². The summed E-state index contributed by atoms with van der Waals surface area (Å²) in [5, 5.41) is 32.8. The van der Waals surface area contributed by atoms with Gasteiger partial charge in [0.1, 0.15) is 12.2 Å². The van der Waals surface area contributed by atoms with Gasteiger partial charge in [-0.25, -0.2) is 0 Å². The lowest BCUT2D eigenvalue weighted by molar-refractivity contribution is -0.139. The van der Waals surface area contributed by atoms with Crippen molar-refractivity contribution in [2.24, 2.45) is 0 Å². The number of methoxy groups -OCH3 is 1. The van der Waals surface area contributed by atoms with E-state index in [-0.39, 0.29) is 32.1 Å². The van der Waals surface area contributed by atoms with Crippen LogP contribution in [-0.4, -0.2) is 90.3 Å². The van der Waals surface area contributed by atoms with Gasteiger partial charge in [-0.3, -0.25) is 9.59 Å². The summed E-state index contributed by atoms with van der Waals surface area (Å²) in [6, 6.07) is 2.69. The summed E-state index contributed by atoms with van der Waals surface area (Å²) >= 11 is 2.06. The fourth-order valence-corrected chi connectivity index (χ4v) is 5.00. The number of aliphatic hydroxyl groups is 3. The number of hydrogen-bond donors (Lipinski definition) is 4. The van der Waals surface area contributed by atoms with Crippen LogP contribution in [0, 0.1) is 3.57 Å². The average Bonchev–Trinajstić information content (AvgIpc) is 2.89. The number of hydrogen-bond acceptors (Lipinski definition) is 8. The van der Waals surface area contributed by atoms with Gasteiger partial charge in [-0.15, -0.1) is 0 Å². The van der Waals surface area contributed by atoms with E-state index in [1.54, 1.807) is 23.1 Å². The number of nitrogens with one attached hydrogen (secondary N) is 1. The Labute approximate surface area is 232 Å². The van der Waals surface area contributed by atoms with Crippen LogP contribution in [0.25, 0.3) is 0 Å². The summed E-state index contributed by atoms with van der Waals surface area (Å²) < 4.78 is 17.8. The fraction of sp³-hybridized carbons (Fsp3) is 0.615. The largest absolute Gasteiger partial charge is 0.493 e. The molecule has 0 radical (unpaired) electrons. The lowest BCUT2D eigenvalue weighted by Crippen LogP contribution is -2.55. The molecule has 0 spiro atoms. The first-order valence-electron chi connectivity index (χ1n) is 12.6. The van der Waals surface area contributed by atoms with Gasteiger partial charge in [0.15, 0.2) is 11.5 Å². The first-order chi connectivity index (χ1) is 17.8. The highest BCUT2D eigenvalue weighted by atomic mass is 127. The molecule has 0 bridgehead atoms. The molecule has 0 saturated heterocycles. The Morgan fingerprint density at radius 1 is 1.24 bits per heavy atom. The number of halogens is 1. The second-order valence-electron chi connectivity index (χ2n) is 8.67. The van der Waals surface area contributed by atoms with Crippen molar-refractivity contribution >= 4 is 34.4 Å². The number of ether oxygens (including phenoxy) is 3. The molecule has 0 heterocycles. The van der Waals surface area contributed by atoms with Gasteiger partial charge in [-0.05, 0) is 66.1 Å². The van der Waals surface area contributed by atoms with Crippen LogP contribution in [0.3, 0.4) is 0 Å². The molecule has 3 atom stereocenters. The second kappa shape index (κ2) is 16.1. The third kappa shape index (κ3) is 8.81. The van der Waals surface area contributed by atoms with E-state index in [0.29, 0.717) is 65.2 Å². The van der Waals surface area contributed by atoms with Crippen molar-refractivity contribution in [2.45, 2.75) is 64.4 Å². The number of amides is 2. The molecule has 208 valence electrons. The summed E-state index contributed by atoms with van der Waals surface area (Å²) in [7, 11) is 1.48. The Morgan fingerprint density at radius 2 is 2.00 bits per heavy atom.